The van der Waals surface area contributed by atoms with E-state index in [0.29, 0.717) is 15.7 Å². The normalized spacial score (nSPS) is 10.2. The fraction of sp³-hybridized carbons (Fsp3) is 0. The first-order valence-corrected chi connectivity index (χ1v) is 6.54. The van der Waals surface area contributed by atoms with Gasteiger partial charge in [0.2, 0.25) is 0 Å². The van der Waals surface area contributed by atoms with Crippen molar-refractivity contribution in [2.24, 2.45) is 5.84 Å². The minimum atomic E-state index is -0.430. The van der Waals surface area contributed by atoms with Crippen molar-refractivity contribution in [1.82, 2.24) is 4.98 Å². The molecule has 1 aromatic carbocycles. The smallest absolute Gasteiger partial charge is 0.255 e. The summed E-state index contributed by atoms with van der Waals surface area (Å²) < 4.78 is 0. The lowest BCUT2D eigenvalue weighted by atomic mass is 10.2. The molecular weight excluding hydrogens is 323 g/mol. The SMILES string of the molecule is NNc1cc(C(=O)Nc2c(Cl)cccc2Cl)cc(Cl)n1. The molecule has 1 heterocycles. The molecule has 0 saturated carbocycles. The molecular formula is C12H9Cl3N4O. The van der Waals surface area contributed by atoms with Gasteiger partial charge in [0.15, 0.2) is 0 Å². The summed E-state index contributed by atoms with van der Waals surface area (Å²) in [6.07, 6.45) is 0. The van der Waals surface area contributed by atoms with E-state index in [9.17, 15) is 4.79 Å². The van der Waals surface area contributed by atoms with Crippen LogP contribution in [0.4, 0.5) is 11.5 Å². The molecule has 0 saturated heterocycles. The predicted molar refractivity (Wildman–Crippen MR) is 81.5 cm³/mol. The Bertz CT molecular complexity index is 643. The van der Waals surface area contributed by atoms with E-state index >= 15 is 0 Å². The van der Waals surface area contributed by atoms with Crippen LogP contribution in [-0.2, 0) is 0 Å². The maximum absolute atomic E-state index is 12.2. The average molecular weight is 332 g/mol. The second-order valence-corrected chi connectivity index (χ2v) is 4.96. The Labute approximate surface area is 130 Å². The summed E-state index contributed by atoms with van der Waals surface area (Å²) in [5.74, 6) is 5.08. The van der Waals surface area contributed by atoms with E-state index in [1.165, 1.54) is 12.1 Å². The van der Waals surface area contributed by atoms with Crippen molar-refractivity contribution in [1.29, 1.82) is 0 Å². The van der Waals surface area contributed by atoms with Crippen LogP contribution >= 0.6 is 34.8 Å². The van der Waals surface area contributed by atoms with Crippen molar-refractivity contribution >= 4 is 52.2 Å². The van der Waals surface area contributed by atoms with Gasteiger partial charge in [-0.2, -0.15) is 0 Å². The summed E-state index contributed by atoms with van der Waals surface area (Å²) in [7, 11) is 0. The third-order valence-electron chi connectivity index (χ3n) is 2.41. The molecule has 0 aliphatic heterocycles. The highest BCUT2D eigenvalue weighted by molar-refractivity contribution is 6.40. The summed E-state index contributed by atoms with van der Waals surface area (Å²) in [6.45, 7) is 0. The molecule has 2 rings (SSSR count). The number of pyridine rings is 1. The monoisotopic (exact) mass is 330 g/mol. The summed E-state index contributed by atoms with van der Waals surface area (Å²) in [5, 5.41) is 3.42. The minimum Gasteiger partial charge on any atom is -0.319 e. The van der Waals surface area contributed by atoms with Crippen LogP contribution in [0.25, 0.3) is 0 Å². The molecule has 0 spiro atoms. The van der Waals surface area contributed by atoms with Gasteiger partial charge in [-0.05, 0) is 24.3 Å². The summed E-state index contributed by atoms with van der Waals surface area (Å²) in [5.41, 5.74) is 2.92. The van der Waals surface area contributed by atoms with E-state index < -0.39 is 5.91 Å². The molecule has 20 heavy (non-hydrogen) atoms. The number of halogens is 3. The number of carbonyl (C=O) groups is 1. The predicted octanol–water partition coefficient (Wildman–Crippen LogP) is 3.58. The number of benzene rings is 1. The molecule has 4 N–H and O–H groups in total. The summed E-state index contributed by atoms with van der Waals surface area (Å²) in [4.78, 5) is 16.0. The lowest BCUT2D eigenvalue weighted by molar-refractivity contribution is 0.102. The number of carbonyl (C=O) groups excluding carboxylic acids is 1. The van der Waals surface area contributed by atoms with Crippen molar-refractivity contribution < 1.29 is 4.79 Å². The fourth-order valence-electron chi connectivity index (χ4n) is 1.50. The van der Waals surface area contributed by atoms with Gasteiger partial charge in [-0.15, -0.1) is 0 Å². The molecule has 104 valence electrons. The first kappa shape index (κ1) is 14.9. The molecule has 1 aromatic heterocycles. The number of para-hydroxylation sites is 1. The average Bonchev–Trinajstić information content (AvgIpc) is 2.42. The number of rotatable bonds is 3. The van der Waals surface area contributed by atoms with E-state index in [4.69, 9.17) is 40.6 Å². The number of amides is 1. The van der Waals surface area contributed by atoms with Crippen LogP contribution < -0.4 is 16.6 Å². The molecule has 0 unspecified atom stereocenters. The zero-order valence-electron chi connectivity index (χ0n) is 9.95. The van der Waals surface area contributed by atoms with Gasteiger partial charge < -0.3 is 10.7 Å². The Morgan fingerprint density at radius 2 is 1.80 bits per heavy atom. The van der Waals surface area contributed by atoms with Crippen LogP contribution in [0.5, 0.6) is 0 Å². The van der Waals surface area contributed by atoms with Gasteiger partial charge >= 0.3 is 0 Å². The third kappa shape index (κ3) is 3.32. The molecule has 0 fully saturated rings. The maximum Gasteiger partial charge on any atom is 0.255 e. The molecule has 0 aliphatic rings. The minimum absolute atomic E-state index is 0.135. The molecule has 0 aliphatic carbocycles. The summed E-state index contributed by atoms with van der Waals surface area (Å²) in [6, 6.07) is 7.78. The third-order valence-corrected chi connectivity index (χ3v) is 3.23. The maximum atomic E-state index is 12.2. The molecule has 8 heteroatoms. The zero-order valence-corrected chi connectivity index (χ0v) is 12.2. The van der Waals surface area contributed by atoms with Crippen LogP contribution in [0.3, 0.4) is 0 Å². The van der Waals surface area contributed by atoms with Gasteiger partial charge in [0.1, 0.15) is 11.0 Å². The van der Waals surface area contributed by atoms with Gasteiger partial charge in [-0.25, -0.2) is 10.8 Å². The van der Waals surface area contributed by atoms with Crippen LogP contribution in [0, 0.1) is 0 Å². The number of nitrogens with one attached hydrogen (secondary N) is 2. The van der Waals surface area contributed by atoms with Gasteiger partial charge in [-0.1, -0.05) is 40.9 Å². The quantitative estimate of drug-likeness (QED) is 0.456. The van der Waals surface area contributed by atoms with E-state index in [0.717, 1.165) is 0 Å². The van der Waals surface area contributed by atoms with Crippen molar-refractivity contribution in [3.63, 3.8) is 0 Å². The number of nitrogens with two attached hydrogens (primary N) is 1. The van der Waals surface area contributed by atoms with Crippen LogP contribution in [0.15, 0.2) is 30.3 Å². The standard InChI is InChI=1S/C12H9Cl3N4O/c13-7-2-1-3-8(14)11(7)18-12(20)6-4-9(15)17-10(5-6)19-16/h1-5H,16H2,(H,17,19)(H,18,20). The Hall–Kier alpha value is -1.53. The molecule has 0 atom stereocenters. The molecule has 5 nitrogen and oxygen atoms in total. The lowest BCUT2D eigenvalue weighted by Gasteiger charge is -2.10. The molecule has 0 bridgehead atoms. The topological polar surface area (TPSA) is 80.0 Å². The van der Waals surface area contributed by atoms with Gasteiger partial charge in [0.25, 0.3) is 5.91 Å². The number of anilines is 2. The lowest BCUT2D eigenvalue weighted by Crippen LogP contribution is -2.15. The highest BCUT2D eigenvalue weighted by atomic mass is 35.5. The largest absolute Gasteiger partial charge is 0.319 e. The van der Waals surface area contributed by atoms with Crippen molar-refractivity contribution in [2.75, 3.05) is 10.7 Å². The van der Waals surface area contributed by atoms with Crippen molar-refractivity contribution in [3.05, 3.63) is 51.1 Å². The van der Waals surface area contributed by atoms with Crippen LogP contribution in [0.1, 0.15) is 10.4 Å². The molecule has 2 aromatic rings. The number of hydrogen-bond acceptors (Lipinski definition) is 4. The van der Waals surface area contributed by atoms with E-state index in [1.807, 2.05) is 0 Å². The first-order chi connectivity index (χ1) is 9.51. The Kier molecular flexibility index (Phi) is 4.67. The second kappa shape index (κ2) is 6.28. The summed E-state index contributed by atoms with van der Waals surface area (Å²) >= 11 is 17.8. The number of aromatic nitrogens is 1. The zero-order chi connectivity index (χ0) is 14.7. The molecule has 1 amide bonds. The second-order valence-electron chi connectivity index (χ2n) is 3.76. The Balaban J connectivity index is 2.31. The van der Waals surface area contributed by atoms with Crippen molar-refractivity contribution in [3.8, 4) is 0 Å². The highest BCUT2D eigenvalue weighted by Crippen LogP contribution is 2.30. The first-order valence-electron chi connectivity index (χ1n) is 5.41. The van der Waals surface area contributed by atoms with E-state index in [2.05, 4.69) is 15.7 Å². The number of hydrazine groups is 1. The number of nitrogen functional groups attached to an aromatic ring is 1. The Morgan fingerprint density at radius 1 is 1.15 bits per heavy atom. The van der Waals surface area contributed by atoms with Gasteiger partial charge in [-0.3, -0.25) is 4.79 Å². The highest BCUT2D eigenvalue weighted by Gasteiger charge is 2.13. The van der Waals surface area contributed by atoms with Crippen molar-refractivity contribution in [2.45, 2.75) is 0 Å². The van der Waals surface area contributed by atoms with Gasteiger partial charge in [0, 0.05) is 5.56 Å². The van der Waals surface area contributed by atoms with E-state index in [1.54, 1.807) is 18.2 Å². The number of nitrogens with zero attached hydrogens (tertiary/aromatic N) is 1. The molecule has 0 radical (unpaired) electrons. The number of hydrogen-bond donors (Lipinski definition) is 3. The van der Waals surface area contributed by atoms with Crippen LogP contribution in [-0.4, -0.2) is 10.9 Å². The van der Waals surface area contributed by atoms with Crippen LogP contribution in [0.2, 0.25) is 15.2 Å². The van der Waals surface area contributed by atoms with E-state index in [-0.39, 0.29) is 16.5 Å². The van der Waals surface area contributed by atoms with Gasteiger partial charge in [0.05, 0.1) is 15.7 Å². The Morgan fingerprint density at radius 3 is 2.40 bits per heavy atom. The fourth-order valence-corrected chi connectivity index (χ4v) is 2.21.